The summed E-state index contributed by atoms with van der Waals surface area (Å²) in [5.41, 5.74) is -0.255. The second-order valence-electron chi connectivity index (χ2n) is 12.2. The molecule has 3 unspecified atom stereocenters. The van der Waals surface area contributed by atoms with Crippen molar-refractivity contribution in [2.45, 2.75) is 89.7 Å². The standard InChI is InChI=1S/C30H37F4N5O2S/c1-16-13-21-22(14-20(16)23-24(30(32,33)34)17(2)12-18(3)25(23)31)36-27(42-7)37-26(21)38-10-11-39(19(15-38)8-9-35)28(40)41-29(4,5)6/h12,16,19-20H,8,10-11,13-15H2,1-7H3. The molecule has 2 aromatic rings. The second-order valence-corrected chi connectivity index (χ2v) is 13.0. The molecule has 1 aliphatic heterocycles. The van der Waals surface area contributed by atoms with Crippen molar-refractivity contribution in [2.24, 2.45) is 5.92 Å². The molecule has 1 aliphatic carbocycles. The number of amides is 1. The topological polar surface area (TPSA) is 82.4 Å². The molecule has 1 amide bonds. The van der Waals surface area contributed by atoms with Crippen LogP contribution in [0.15, 0.2) is 11.2 Å². The Hall–Kier alpha value is -3.07. The Labute approximate surface area is 248 Å². The van der Waals surface area contributed by atoms with Gasteiger partial charge in [-0.15, -0.1) is 0 Å². The number of benzene rings is 1. The average Bonchev–Trinajstić information content (AvgIpc) is 2.88. The van der Waals surface area contributed by atoms with E-state index in [0.29, 0.717) is 42.7 Å². The van der Waals surface area contributed by atoms with Gasteiger partial charge < -0.3 is 14.5 Å². The number of hydrogen-bond donors (Lipinski definition) is 0. The molecule has 1 fully saturated rings. The van der Waals surface area contributed by atoms with E-state index in [1.807, 2.05) is 18.1 Å². The number of aromatic nitrogens is 2. The minimum atomic E-state index is -4.70. The lowest BCUT2D eigenvalue weighted by Gasteiger charge is -2.43. The zero-order chi connectivity index (χ0) is 31.1. The summed E-state index contributed by atoms with van der Waals surface area (Å²) >= 11 is 1.32. The zero-order valence-corrected chi connectivity index (χ0v) is 25.8. The molecule has 1 aromatic carbocycles. The third-order valence-electron chi connectivity index (χ3n) is 7.93. The lowest BCUT2D eigenvalue weighted by atomic mass is 9.72. The van der Waals surface area contributed by atoms with Crippen LogP contribution in [0.5, 0.6) is 0 Å². The lowest BCUT2D eigenvalue weighted by molar-refractivity contribution is -0.139. The Bertz CT molecular complexity index is 1400. The molecule has 0 radical (unpaired) electrons. The number of nitriles is 1. The maximum atomic E-state index is 15.5. The van der Waals surface area contributed by atoms with E-state index in [4.69, 9.17) is 9.72 Å². The third-order valence-corrected chi connectivity index (χ3v) is 8.48. The van der Waals surface area contributed by atoms with E-state index in [9.17, 15) is 23.2 Å². The van der Waals surface area contributed by atoms with Crippen molar-refractivity contribution in [2.75, 3.05) is 30.8 Å². The first-order chi connectivity index (χ1) is 19.6. The molecule has 1 aromatic heterocycles. The van der Waals surface area contributed by atoms with Gasteiger partial charge in [0.1, 0.15) is 17.2 Å². The number of anilines is 1. The minimum absolute atomic E-state index is 0.00830. The van der Waals surface area contributed by atoms with Gasteiger partial charge in [0.15, 0.2) is 5.16 Å². The van der Waals surface area contributed by atoms with Gasteiger partial charge in [-0.3, -0.25) is 0 Å². The molecule has 4 rings (SSSR count). The normalized spacial score (nSPS) is 21.1. The number of nitrogens with zero attached hydrogens (tertiary/aromatic N) is 5. The molecule has 3 atom stereocenters. The lowest BCUT2D eigenvalue weighted by Crippen LogP contribution is -2.56. The molecule has 12 heteroatoms. The van der Waals surface area contributed by atoms with Crippen LogP contribution in [0.2, 0.25) is 0 Å². The quantitative estimate of drug-likeness (QED) is 0.214. The highest BCUT2D eigenvalue weighted by Gasteiger charge is 2.43. The van der Waals surface area contributed by atoms with Gasteiger partial charge in [0.2, 0.25) is 0 Å². The number of rotatable bonds is 4. The number of hydrogen-bond acceptors (Lipinski definition) is 7. The monoisotopic (exact) mass is 607 g/mol. The fraction of sp³-hybridized carbons (Fsp3) is 0.600. The summed E-state index contributed by atoms with van der Waals surface area (Å²) in [4.78, 5) is 26.0. The highest BCUT2D eigenvalue weighted by Crippen LogP contribution is 2.47. The second kappa shape index (κ2) is 11.9. The smallest absolute Gasteiger partial charge is 0.417 e. The molecule has 2 heterocycles. The zero-order valence-electron chi connectivity index (χ0n) is 25.0. The van der Waals surface area contributed by atoms with E-state index in [2.05, 4.69) is 11.1 Å². The molecule has 0 N–H and O–H groups in total. The molecule has 2 aliphatic rings. The van der Waals surface area contributed by atoms with E-state index in [-0.39, 0.29) is 35.4 Å². The largest absolute Gasteiger partial charge is 0.444 e. The van der Waals surface area contributed by atoms with Crippen molar-refractivity contribution < 1.29 is 27.1 Å². The molecule has 0 spiro atoms. The van der Waals surface area contributed by atoms with Crippen LogP contribution in [-0.4, -0.2) is 58.5 Å². The molecule has 7 nitrogen and oxygen atoms in total. The molecule has 1 saturated heterocycles. The molecule has 228 valence electrons. The summed E-state index contributed by atoms with van der Waals surface area (Å²) in [6.07, 6.45) is -2.75. The van der Waals surface area contributed by atoms with E-state index in [1.165, 1.54) is 31.7 Å². The Morgan fingerprint density at radius 2 is 1.86 bits per heavy atom. The summed E-state index contributed by atoms with van der Waals surface area (Å²) in [5.74, 6) is -1.21. The highest BCUT2D eigenvalue weighted by atomic mass is 32.2. The Balaban J connectivity index is 1.73. The number of ether oxygens (including phenoxy) is 1. The van der Waals surface area contributed by atoms with Crippen molar-refractivity contribution in [3.8, 4) is 6.07 Å². The van der Waals surface area contributed by atoms with Crippen LogP contribution in [0.25, 0.3) is 0 Å². The van der Waals surface area contributed by atoms with Crippen LogP contribution < -0.4 is 4.90 Å². The SMILES string of the molecule is CSc1nc2c(c(N3CCN(C(=O)OC(C)(C)C)C(CC#N)C3)n1)CC(C)C(c1c(F)c(C)cc(C)c1C(F)(F)F)C2. The number of fused-ring (bicyclic) bond motifs is 1. The fourth-order valence-electron chi connectivity index (χ4n) is 6.09. The number of aryl methyl sites for hydroxylation is 2. The first-order valence-electron chi connectivity index (χ1n) is 14.0. The van der Waals surface area contributed by atoms with Crippen LogP contribution in [0, 0.1) is 36.9 Å². The number of carbonyl (C=O) groups is 1. The van der Waals surface area contributed by atoms with Crippen LogP contribution in [-0.2, 0) is 23.8 Å². The Kier molecular flexibility index (Phi) is 9.03. The van der Waals surface area contributed by atoms with E-state index >= 15 is 4.39 Å². The summed E-state index contributed by atoms with van der Waals surface area (Å²) in [6.45, 7) is 11.2. The minimum Gasteiger partial charge on any atom is -0.444 e. The van der Waals surface area contributed by atoms with Crippen molar-refractivity contribution in [3.05, 3.63) is 45.4 Å². The van der Waals surface area contributed by atoms with Gasteiger partial charge in [0, 0.05) is 30.8 Å². The third kappa shape index (κ3) is 6.46. The summed E-state index contributed by atoms with van der Waals surface area (Å²) in [5, 5.41) is 9.97. The van der Waals surface area contributed by atoms with Gasteiger partial charge in [-0.2, -0.15) is 18.4 Å². The van der Waals surface area contributed by atoms with E-state index in [0.717, 1.165) is 5.56 Å². The first kappa shape index (κ1) is 31.9. The van der Waals surface area contributed by atoms with Crippen LogP contribution in [0.4, 0.5) is 28.2 Å². The first-order valence-corrected chi connectivity index (χ1v) is 15.2. The predicted octanol–water partition coefficient (Wildman–Crippen LogP) is 6.83. The van der Waals surface area contributed by atoms with Crippen LogP contribution in [0.3, 0.4) is 0 Å². The van der Waals surface area contributed by atoms with Gasteiger partial charge in [-0.25, -0.2) is 19.2 Å². The van der Waals surface area contributed by atoms with E-state index in [1.54, 1.807) is 25.7 Å². The summed E-state index contributed by atoms with van der Waals surface area (Å²) in [7, 11) is 0. The molecule has 42 heavy (non-hydrogen) atoms. The van der Waals surface area contributed by atoms with Crippen molar-refractivity contribution in [1.82, 2.24) is 14.9 Å². The predicted molar refractivity (Wildman–Crippen MR) is 153 cm³/mol. The number of piperazine rings is 1. The maximum Gasteiger partial charge on any atom is 0.417 e. The number of halogens is 4. The average molecular weight is 608 g/mol. The Morgan fingerprint density at radius 3 is 2.45 bits per heavy atom. The molecule has 0 bridgehead atoms. The van der Waals surface area contributed by atoms with Crippen LogP contribution in [0.1, 0.15) is 73.5 Å². The summed E-state index contributed by atoms with van der Waals surface area (Å²) in [6, 6.07) is 2.98. The number of thioether (sulfide) groups is 1. The fourth-order valence-corrected chi connectivity index (χ4v) is 6.47. The highest BCUT2D eigenvalue weighted by molar-refractivity contribution is 7.98. The summed E-state index contributed by atoms with van der Waals surface area (Å²) < 4.78 is 63.8. The van der Waals surface area contributed by atoms with Gasteiger partial charge in [-0.05, 0) is 76.7 Å². The van der Waals surface area contributed by atoms with Gasteiger partial charge in [0.05, 0.1) is 29.8 Å². The van der Waals surface area contributed by atoms with Gasteiger partial charge in [0.25, 0.3) is 0 Å². The van der Waals surface area contributed by atoms with Gasteiger partial charge in [-0.1, -0.05) is 24.8 Å². The van der Waals surface area contributed by atoms with E-state index < -0.39 is 41.2 Å². The molecule has 0 saturated carbocycles. The molecular formula is C30H37F4N5O2S. The Morgan fingerprint density at radius 1 is 1.17 bits per heavy atom. The van der Waals surface area contributed by atoms with Crippen molar-refractivity contribution in [3.63, 3.8) is 0 Å². The van der Waals surface area contributed by atoms with Crippen molar-refractivity contribution in [1.29, 1.82) is 5.26 Å². The number of alkyl halides is 3. The van der Waals surface area contributed by atoms with Crippen LogP contribution >= 0.6 is 11.8 Å². The van der Waals surface area contributed by atoms with Gasteiger partial charge >= 0.3 is 12.3 Å². The number of carbonyl (C=O) groups excluding carboxylic acids is 1. The maximum absolute atomic E-state index is 15.5. The van der Waals surface area contributed by atoms with Crippen molar-refractivity contribution >= 4 is 23.7 Å². The molecular weight excluding hydrogens is 570 g/mol.